The van der Waals surface area contributed by atoms with Crippen molar-refractivity contribution in [3.63, 3.8) is 0 Å². The molecule has 0 unspecified atom stereocenters. The Morgan fingerprint density at radius 3 is 2.75 bits per heavy atom. The van der Waals surface area contributed by atoms with Crippen molar-refractivity contribution in [3.05, 3.63) is 27.6 Å². The van der Waals surface area contributed by atoms with Gasteiger partial charge in [0.15, 0.2) is 5.65 Å². The van der Waals surface area contributed by atoms with Crippen LogP contribution < -0.4 is 0 Å². The van der Waals surface area contributed by atoms with Gasteiger partial charge in [-0.2, -0.15) is 0 Å². The fourth-order valence-electron chi connectivity index (χ4n) is 1.67. The molecule has 6 heteroatoms. The standard InChI is InChI=1S/C10H10BrF2N3/c1-3-6-5(2)4-7-14-10(9(12)13)15-16(7)8(6)11/h4,9H,3H2,1-2H3. The largest absolute Gasteiger partial charge is 0.299 e. The van der Waals surface area contributed by atoms with Crippen LogP contribution in [-0.4, -0.2) is 14.6 Å². The van der Waals surface area contributed by atoms with Crippen LogP contribution in [0, 0.1) is 6.92 Å². The van der Waals surface area contributed by atoms with E-state index in [0.29, 0.717) is 10.3 Å². The summed E-state index contributed by atoms with van der Waals surface area (Å²) in [6.45, 7) is 3.93. The molecule has 86 valence electrons. The minimum atomic E-state index is -2.64. The maximum absolute atomic E-state index is 12.5. The van der Waals surface area contributed by atoms with Crippen molar-refractivity contribution in [2.75, 3.05) is 0 Å². The van der Waals surface area contributed by atoms with Gasteiger partial charge in [-0.3, -0.25) is 0 Å². The minimum Gasteiger partial charge on any atom is -0.206 e. The number of nitrogens with zero attached hydrogens (tertiary/aromatic N) is 3. The summed E-state index contributed by atoms with van der Waals surface area (Å²) in [5.41, 5.74) is 2.52. The third kappa shape index (κ3) is 1.71. The van der Waals surface area contributed by atoms with Gasteiger partial charge < -0.3 is 0 Å². The molecule has 0 aliphatic rings. The average Bonchev–Trinajstić information content (AvgIpc) is 2.62. The number of alkyl halides is 2. The highest BCUT2D eigenvalue weighted by atomic mass is 79.9. The highest BCUT2D eigenvalue weighted by molar-refractivity contribution is 9.10. The molecule has 0 N–H and O–H groups in total. The number of fused-ring (bicyclic) bond motifs is 1. The Morgan fingerprint density at radius 1 is 1.50 bits per heavy atom. The Bertz CT molecular complexity index is 536. The van der Waals surface area contributed by atoms with Gasteiger partial charge in [-0.1, -0.05) is 6.92 Å². The fourth-order valence-corrected chi connectivity index (χ4v) is 2.52. The number of pyridine rings is 1. The number of hydrogen-bond acceptors (Lipinski definition) is 2. The monoisotopic (exact) mass is 289 g/mol. The molecule has 0 spiro atoms. The Kier molecular flexibility index (Phi) is 2.92. The topological polar surface area (TPSA) is 30.2 Å². The van der Waals surface area contributed by atoms with Gasteiger partial charge in [0.2, 0.25) is 5.82 Å². The van der Waals surface area contributed by atoms with Gasteiger partial charge >= 0.3 is 0 Å². The predicted molar refractivity (Wildman–Crippen MR) is 59.8 cm³/mol. The van der Waals surface area contributed by atoms with Crippen LogP contribution in [0.4, 0.5) is 8.78 Å². The van der Waals surface area contributed by atoms with Gasteiger partial charge in [-0.15, -0.1) is 5.10 Å². The van der Waals surface area contributed by atoms with Crippen molar-refractivity contribution in [2.45, 2.75) is 26.7 Å². The van der Waals surface area contributed by atoms with Gasteiger partial charge in [0.1, 0.15) is 4.60 Å². The summed E-state index contributed by atoms with van der Waals surface area (Å²) in [7, 11) is 0. The Morgan fingerprint density at radius 2 is 2.19 bits per heavy atom. The minimum absolute atomic E-state index is 0.437. The molecule has 2 aromatic heterocycles. The summed E-state index contributed by atoms with van der Waals surface area (Å²) < 4.78 is 27.0. The summed E-state index contributed by atoms with van der Waals surface area (Å²) in [4.78, 5) is 3.78. The molecule has 0 saturated carbocycles. The van der Waals surface area contributed by atoms with Gasteiger partial charge in [0, 0.05) is 0 Å². The highest BCUT2D eigenvalue weighted by Crippen LogP contribution is 2.24. The lowest BCUT2D eigenvalue weighted by molar-refractivity contribution is 0.140. The van der Waals surface area contributed by atoms with Crippen molar-refractivity contribution in [1.82, 2.24) is 14.6 Å². The van der Waals surface area contributed by atoms with E-state index in [-0.39, 0.29) is 0 Å². The van der Waals surface area contributed by atoms with Crippen LogP contribution in [0.15, 0.2) is 10.7 Å². The molecule has 16 heavy (non-hydrogen) atoms. The second kappa shape index (κ2) is 4.08. The molecular formula is C10H10BrF2N3. The lowest BCUT2D eigenvalue weighted by atomic mass is 10.1. The quantitative estimate of drug-likeness (QED) is 0.794. The molecule has 0 aromatic carbocycles. The van der Waals surface area contributed by atoms with E-state index in [2.05, 4.69) is 26.0 Å². The van der Waals surface area contributed by atoms with Crippen LogP contribution in [0.1, 0.15) is 30.3 Å². The van der Waals surface area contributed by atoms with E-state index in [1.165, 1.54) is 4.52 Å². The normalized spacial score (nSPS) is 11.6. The Balaban J connectivity index is 2.73. The van der Waals surface area contributed by atoms with E-state index in [1.807, 2.05) is 13.8 Å². The number of hydrogen-bond donors (Lipinski definition) is 0. The molecule has 0 amide bonds. The van der Waals surface area contributed by atoms with Gasteiger partial charge in [-0.05, 0) is 46.5 Å². The molecule has 0 radical (unpaired) electrons. The van der Waals surface area contributed by atoms with Gasteiger partial charge in [0.05, 0.1) is 0 Å². The van der Waals surface area contributed by atoms with E-state index in [0.717, 1.165) is 17.5 Å². The van der Waals surface area contributed by atoms with Crippen LogP contribution in [0.3, 0.4) is 0 Å². The lowest BCUT2D eigenvalue weighted by Gasteiger charge is -2.06. The number of aromatic nitrogens is 3. The SMILES string of the molecule is CCc1c(C)cc2nc(C(F)F)nn2c1Br. The summed E-state index contributed by atoms with van der Waals surface area (Å²) >= 11 is 3.37. The molecule has 0 aliphatic heterocycles. The molecule has 0 aliphatic carbocycles. The lowest BCUT2D eigenvalue weighted by Crippen LogP contribution is -1.98. The zero-order valence-corrected chi connectivity index (χ0v) is 10.4. The summed E-state index contributed by atoms with van der Waals surface area (Å²) in [5.74, 6) is -0.437. The van der Waals surface area contributed by atoms with Crippen LogP contribution in [0.25, 0.3) is 5.65 Å². The first-order valence-electron chi connectivity index (χ1n) is 4.87. The third-order valence-electron chi connectivity index (χ3n) is 2.45. The molecule has 0 fully saturated rings. The molecule has 2 heterocycles. The van der Waals surface area contributed by atoms with Crippen molar-refractivity contribution >= 4 is 21.6 Å². The van der Waals surface area contributed by atoms with Crippen molar-refractivity contribution in [3.8, 4) is 0 Å². The van der Waals surface area contributed by atoms with Crippen molar-refractivity contribution in [1.29, 1.82) is 0 Å². The Hall–Kier alpha value is -1.04. The maximum atomic E-state index is 12.5. The first kappa shape index (κ1) is 11.4. The number of rotatable bonds is 2. The van der Waals surface area contributed by atoms with E-state index in [4.69, 9.17) is 0 Å². The number of aryl methyl sites for hydroxylation is 1. The molecular weight excluding hydrogens is 280 g/mol. The third-order valence-corrected chi connectivity index (χ3v) is 3.27. The van der Waals surface area contributed by atoms with Crippen LogP contribution in [0.5, 0.6) is 0 Å². The van der Waals surface area contributed by atoms with Crippen LogP contribution >= 0.6 is 15.9 Å². The van der Waals surface area contributed by atoms with E-state index < -0.39 is 12.2 Å². The van der Waals surface area contributed by atoms with Gasteiger partial charge in [-0.25, -0.2) is 18.3 Å². The van der Waals surface area contributed by atoms with Crippen molar-refractivity contribution < 1.29 is 8.78 Å². The maximum Gasteiger partial charge on any atom is 0.299 e. The average molecular weight is 290 g/mol. The van der Waals surface area contributed by atoms with E-state index in [9.17, 15) is 8.78 Å². The summed E-state index contributed by atoms with van der Waals surface area (Å²) in [5, 5.41) is 3.77. The van der Waals surface area contributed by atoms with E-state index in [1.54, 1.807) is 6.07 Å². The second-order valence-corrected chi connectivity index (χ2v) is 4.24. The van der Waals surface area contributed by atoms with Crippen LogP contribution in [-0.2, 0) is 6.42 Å². The smallest absolute Gasteiger partial charge is 0.206 e. The molecule has 0 bridgehead atoms. The number of halogens is 3. The highest BCUT2D eigenvalue weighted by Gasteiger charge is 2.17. The van der Waals surface area contributed by atoms with Crippen LogP contribution in [0.2, 0.25) is 0 Å². The molecule has 0 saturated heterocycles. The predicted octanol–water partition coefficient (Wildman–Crippen LogP) is 3.30. The molecule has 2 rings (SSSR count). The molecule has 0 atom stereocenters. The summed E-state index contributed by atoms with van der Waals surface area (Å²) in [6.07, 6.45) is -1.83. The van der Waals surface area contributed by atoms with E-state index >= 15 is 0 Å². The first-order chi connectivity index (χ1) is 7.54. The molecule has 3 nitrogen and oxygen atoms in total. The van der Waals surface area contributed by atoms with Gasteiger partial charge in [0.25, 0.3) is 6.43 Å². The fraction of sp³-hybridized carbons (Fsp3) is 0.400. The zero-order valence-electron chi connectivity index (χ0n) is 8.84. The Labute approximate surface area is 99.6 Å². The first-order valence-corrected chi connectivity index (χ1v) is 5.66. The van der Waals surface area contributed by atoms with Crippen molar-refractivity contribution in [2.24, 2.45) is 0 Å². The summed E-state index contributed by atoms with van der Waals surface area (Å²) in [6, 6.07) is 1.77. The zero-order chi connectivity index (χ0) is 11.9. The molecule has 2 aromatic rings. The second-order valence-electron chi connectivity index (χ2n) is 3.49.